The van der Waals surface area contributed by atoms with Crippen LogP contribution in [0.1, 0.15) is 13.8 Å². The fourth-order valence-electron chi connectivity index (χ4n) is 1.49. The zero-order chi connectivity index (χ0) is 15.5. The van der Waals surface area contributed by atoms with Gasteiger partial charge in [0.15, 0.2) is 17.2 Å². The summed E-state index contributed by atoms with van der Waals surface area (Å²) in [5, 5.41) is 11.6. The summed E-state index contributed by atoms with van der Waals surface area (Å²) < 4.78 is 19.0. The van der Waals surface area contributed by atoms with E-state index in [1.165, 1.54) is 0 Å². The molecule has 1 aromatic heterocycles. The first-order valence-electron chi connectivity index (χ1n) is 6.05. The minimum Gasteiger partial charge on any atom is -0.473 e. The molecule has 1 aromatic carbocycles. The number of rotatable bonds is 4. The van der Waals surface area contributed by atoms with E-state index in [1.807, 2.05) is 6.07 Å². The van der Waals surface area contributed by atoms with Crippen LogP contribution in [-0.4, -0.2) is 15.6 Å². The van der Waals surface area contributed by atoms with Crippen molar-refractivity contribution >= 4 is 23.1 Å². The number of hydrogen-bond acceptors (Lipinski definition) is 5. The molecule has 2 aromatic rings. The van der Waals surface area contributed by atoms with Gasteiger partial charge in [-0.05, 0) is 49.7 Å². The summed E-state index contributed by atoms with van der Waals surface area (Å²) in [4.78, 5) is 7.29. The molecule has 0 saturated heterocycles. The van der Waals surface area contributed by atoms with Gasteiger partial charge in [0.25, 0.3) is 0 Å². The van der Waals surface area contributed by atoms with Crippen molar-refractivity contribution in [3.63, 3.8) is 0 Å². The highest BCUT2D eigenvalue weighted by molar-refractivity contribution is 6.28. The van der Waals surface area contributed by atoms with E-state index in [4.69, 9.17) is 21.6 Å². The Morgan fingerprint density at radius 2 is 2.00 bits per heavy atom. The minimum absolute atomic E-state index is 0.0129. The summed E-state index contributed by atoms with van der Waals surface area (Å²) >= 11 is 5.62. The number of nitrogens with zero attached hydrogens (tertiary/aromatic N) is 3. The number of halogens is 2. The van der Waals surface area contributed by atoms with Crippen LogP contribution in [0.2, 0.25) is 5.28 Å². The monoisotopic (exact) mass is 306 g/mol. The van der Waals surface area contributed by atoms with Crippen LogP contribution < -0.4 is 10.1 Å². The molecule has 0 aliphatic carbocycles. The molecular formula is C14H12ClFN4O. The van der Waals surface area contributed by atoms with E-state index in [2.05, 4.69) is 15.3 Å². The minimum atomic E-state index is -0.915. The molecule has 108 valence electrons. The Bertz CT molecular complexity index is 682. The number of aromatic nitrogens is 2. The molecule has 1 heterocycles. The maximum absolute atomic E-state index is 13.5. The van der Waals surface area contributed by atoms with Crippen molar-refractivity contribution < 1.29 is 9.13 Å². The van der Waals surface area contributed by atoms with Gasteiger partial charge in [-0.2, -0.15) is 10.2 Å². The molecule has 0 bridgehead atoms. The second-order valence-corrected chi connectivity index (χ2v) is 5.05. The second kappa shape index (κ2) is 5.94. The molecule has 0 fully saturated rings. The Balaban J connectivity index is 2.13. The first kappa shape index (κ1) is 15.0. The van der Waals surface area contributed by atoms with E-state index < -0.39 is 11.4 Å². The Hall–Kier alpha value is -2.39. The van der Waals surface area contributed by atoms with Crippen molar-refractivity contribution in [3.05, 3.63) is 41.6 Å². The smallest absolute Gasteiger partial charge is 0.224 e. The zero-order valence-electron chi connectivity index (χ0n) is 11.4. The molecule has 0 spiro atoms. The first-order chi connectivity index (χ1) is 9.89. The SMILES string of the molecule is CC(C)(C#N)Oc1ccc(Nc2nc(Cl)ncc2F)cc1. The Labute approximate surface area is 126 Å². The molecule has 1 N–H and O–H groups in total. The Kier molecular flexibility index (Phi) is 4.24. The molecule has 0 radical (unpaired) electrons. The van der Waals surface area contributed by atoms with Crippen LogP contribution in [0.15, 0.2) is 30.5 Å². The van der Waals surface area contributed by atoms with Gasteiger partial charge in [-0.25, -0.2) is 9.37 Å². The van der Waals surface area contributed by atoms with Crippen LogP contribution >= 0.6 is 11.6 Å². The number of nitriles is 1. The highest BCUT2D eigenvalue weighted by atomic mass is 35.5. The third kappa shape index (κ3) is 4.04. The van der Waals surface area contributed by atoms with Gasteiger partial charge in [-0.15, -0.1) is 0 Å². The maximum Gasteiger partial charge on any atom is 0.224 e. The molecule has 7 heteroatoms. The predicted octanol–water partition coefficient (Wildman–Crippen LogP) is 3.69. The van der Waals surface area contributed by atoms with Gasteiger partial charge in [0.05, 0.1) is 6.20 Å². The Morgan fingerprint density at radius 3 is 2.62 bits per heavy atom. The van der Waals surface area contributed by atoms with Gasteiger partial charge in [-0.3, -0.25) is 0 Å². The molecule has 5 nitrogen and oxygen atoms in total. The van der Waals surface area contributed by atoms with Crippen LogP contribution in [-0.2, 0) is 0 Å². The fourth-order valence-corrected chi connectivity index (χ4v) is 1.63. The van der Waals surface area contributed by atoms with Crippen molar-refractivity contribution in [2.24, 2.45) is 0 Å². The van der Waals surface area contributed by atoms with Crippen LogP contribution in [0.5, 0.6) is 5.75 Å². The quantitative estimate of drug-likeness (QED) is 0.872. The van der Waals surface area contributed by atoms with Crippen LogP contribution in [0.3, 0.4) is 0 Å². The molecule has 0 saturated carbocycles. The molecule has 2 rings (SSSR count). The topological polar surface area (TPSA) is 70.8 Å². The number of nitrogens with one attached hydrogen (secondary N) is 1. The molecule has 21 heavy (non-hydrogen) atoms. The number of benzene rings is 1. The van der Waals surface area contributed by atoms with Gasteiger partial charge in [0.2, 0.25) is 5.28 Å². The lowest BCUT2D eigenvalue weighted by Crippen LogP contribution is -2.25. The van der Waals surface area contributed by atoms with Crippen molar-refractivity contribution in [3.8, 4) is 11.8 Å². The molecule has 0 atom stereocenters. The normalized spacial score (nSPS) is 10.8. The van der Waals surface area contributed by atoms with Crippen LogP contribution in [0.25, 0.3) is 0 Å². The fraction of sp³-hybridized carbons (Fsp3) is 0.214. The van der Waals surface area contributed by atoms with Crippen molar-refractivity contribution in [1.82, 2.24) is 9.97 Å². The lowest BCUT2D eigenvalue weighted by molar-refractivity contribution is 0.170. The van der Waals surface area contributed by atoms with E-state index in [0.717, 1.165) is 6.20 Å². The van der Waals surface area contributed by atoms with E-state index >= 15 is 0 Å². The van der Waals surface area contributed by atoms with Gasteiger partial charge < -0.3 is 10.1 Å². The molecule has 0 aliphatic rings. The summed E-state index contributed by atoms with van der Waals surface area (Å²) in [7, 11) is 0. The average molecular weight is 307 g/mol. The zero-order valence-corrected chi connectivity index (χ0v) is 12.1. The highest BCUT2D eigenvalue weighted by Crippen LogP contribution is 2.23. The van der Waals surface area contributed by atoms with E-state index in [0.29, 0.717) is 11.4 Å². The van der Waals surface area contributed by atoms with E-state index in [9.17, 15) is 4.39 Å². The highest BCUT2D eigenvalue weighted by Gasteiger charge is 2.18. The molecule has 0 amide bonds. The number of hydrogen-bond donors (Lipinski definition) is 1. The third-order valence-corrected chi connectivity index (χ3v) is 2.66. The summed E-state index contributed by atoms with van der Waals surface area (Å²) in [5.74, 6) is -0.0837. The summed E-state index contributed by atoms with van der Waals surface area (Å²) in [6, 6.07) is 8.73. The largest absolute Gasteiger partial charge is 0.473 e. The van der Waals surface area contributed by atoms with Gasteiger partial charge in [0.1, 0.15) is 11.8 Å². The summed E-state index contributed by atoms with van der Waals surface area (Å²) in [6.07, 6.45) is 0.991. The summed E-state index contributed by atoms with van der Waals surface area (Å²) in [6.45, 7) is 3.33. The lowest BCUT2D eigenvalue weighted by Gasteiger charge is -2.18. The van der Waals surface area contributed by atoms with Crippen molar-refractivity contribution in [1.29, 1.82) is 5.26 Å². The predicted molar refractivity (Wildman–Crippen MR) is 77.0 cm³/mol. The molecule has 0 aliphatic heterocycles. The standard InChI is InChI=1S/C14H12ClFN4O/c1-14(2,8-17)21-10-5-3-9(4-6-10)19-12-11(16)7-18-13(15)20-12/h3-7H,1-2H3,(H,18,19,20). The van der Waals surface area contributed by atoms with Crippen LogP contribution in [0.4, 0.5) is 15.9 Å². The lowest BCUT2D eigenvalue weighted by atomic mass is 10.2. The number of anilines is 2. The number of ether oxygens (including phenoxy) is 1. The first-order valence-corrected chi connectivity index (χ1v) is 6.43. The van der Waals surface area contributed by atoms with Crippen molar-refractivity contribution in [2.45, 2.75) is 19.4 Å². The maximum atomic E-state index is 13.5. The van der Waals surface area contributed by atoms with Crippen molar-refractivity contribution in [2.75, 3.05) is 5.32 Å². The van der Waals surface area contributed by atoms with E-state index in [-0.39, 0.29) is 11.1 Å². The summed E-state index contributed by atoms with van der Waals surface area (Å²) in [5.41, 5.74) is -0.313. The van der Waals surface area contributed by atoms with Gasteiger partial charge >= 0.3 is 0 Å². The third-order valence-electron chi connectivity index (χ3n) is 2.47. The Morgan fingerprint density at radius 1 is 1.33 bits per heavy atom. The van der Waals surface area contributed by atoms with E-state index in [1.54, 1.807) is 38.1 Å². The molecule has 0 unspecified atom stereocenters. The van der Waals surface area contributed by atoms with Gasteiger partial charge in [0, 0.05) is 5.69 Å². The van der Waals surface area contributed by atoms with Gasteiger partial charge in [-0.1, -0.05) is 0 Å². The average Bonchev–Trinajstić information content (AvgIpc) is 2.45. The molecular weight excluding hydrogens is 295 g/mol. The van der Waals surface area contributed by atoms with Crippen LogP contribution in [0, 0.1) is 17.1 Å². The second-order valence-electron chi connectivity index (χ2n) is 4.71.